The molecular formula is C47H32N2O. The van der Waals surface area contributed by atoms with Gasteiger partial charge >= 0.3 is 0 Å². The standard InChI is InChI=1S/C47H32N2O/c1-47-41(40-13-5-9-17-45(40)50-47)27-26-39-38-12-4-8-16-44(38)49(46(39)47)35-25-22-32-28-31(18-19-33(32)29-35)30-20-23-34(24-21-30)48-42-14-6-2-10-36(42)37-11-3-7-15-43(37)48/h2-29,41H,1H3. The Kier molecular flexibility index (Phi) is 5.58. The van der Waals surface area contributed by atoms with Gasteiger partial charge in [0.2, 0.25) is 0 Å². The molecule has 0 N–H and O–H groups in total. The lowest BCUT2D eigenvalue weighted by Gasteiger charge is -2.34. The van der Waals surface area contributed by atoms with Crippen molar-refractivity contribution >= 4 is 49.6 Å². The number of para-hydroxylation sites is 4. The van der Waals surface area contributed by atoms with Gasteiger partial charge in [0.25, 0.3) is 0 Å². The fraction of sp³-hybridized carbons (Fsp3) is 0.0638. The maximum Gasteiger partial charge on any atom is 0.157 e. The largest absolute Gasteiger partial charge is 0.480 e. The second-order valence-corrected chi connectivity index (χ2v) is 13.9. The number of aromatic nitrogens is 2. The fourth-order valence-corrected chi connectivity index (χ4v) is 8.84. The Hall–Kier alpha value is -6.32. The van der Waals surface area contributed by atoms with Crippen LogP contribution in [0.15, 0.2) is 164 Å². The van der Waals surface area contributed by atoms with Crippen LogP contribution in [0.1, 0.15) is 29.7 Å². The molecule has 3 heterocycles. The molecule has 0 radical (unpaired) electrons. The van der Waals surface area contributed by atoms with Crippen LogP contribution in [0.25, 0.3) is 72.1 Å². The minimum atomic E-state index is -0.517. The third kappa shape index (κ3) is 3.75. The minimum absolute atomic E-state index is 0.152. The summed E-state index contributed by atoms with van der Waals surface area (Å²) in [4.78, 5) is 0. The smallest absolute Gasteiger partial charge is 0.157 e. The highest BCUT2D eigenvalue weighted by Crippen LogP contribution is 2.56. The third-order valence-electron chi connectivity index (χ3n) is 11.1. The fourth-order valence-electron chi connectivity index (χ4n) is 8.84. The summed E-state index contributed by atoms with van der Waals surface area (Å²) in [5.41, 5.74) is 11.6. The van der Waals surface area contributed by atoms with Crippen molar-refractivity contribution < 1.29 is 4.74 Å². The van der Waals surface area contributed by atoms with E-state index in [1.54, 1.807) is 0 Å². The molecule has 50 heavy (non-hydrogen) atoms. The molecule has 0 fully saturated rings. The Bertz CT molecular complexity index is 2820. The summed E-state index contributed by atoms with van der Waals surface area (Å²) in [7, 11) is 0. The van der Waals surface area contributed by atoms with Gasteiger partial charge in [-0.15, -0.1) is 0 Å². The Labute approximate surface area is 289 Å². The highest BCUT2D eigenvalue weighted by Gasteiger charge is 2.50. The van der Waals surface area contributed by atoms with Crippen LogP contribution in [-0.2, 0) is 5.60 Å². The van der Waals surface area contributed by atoms with Crippen molar-refractivity contribution in [1.29, 1.82) is 0 Å². The molecule has 7 aromatic carbocycles. The van der Waals surface area contributed by atoms with E-state index < -0.39 is 5.60 Å². The number of benzene rings is 7. The van der Waals surface area contributed by atoms with E-state index in [-0.39, 0.29) is 5.92 Å². The maximum absolute atomic E-state index is 6.87. The SMILES string of the molecule is CC12Oc3ccccc3C1C=Cc1c2n(-c2ccc3cc(-c4ccc(-n5c6ccccc6c6ccccc65)cc4)ccc3c2)c2ccccc12. The van der Waals surface area contributed by atoms with Gasteiger partial charge in [-0.25, -0.2) is 0 Å². The molecule has 0 amide bonds. The van der Waals surface area contributed by atoms with Crippen molar-refractivity contribution in [3.63, 3.8) is 0 Å². The Morgan fingerprint density at radius 3 is 1.86 bits per heavy atom. The maximum atomic E-state index is 6.87. The normalized spacial score (nSPS) is 17.7. The summed E-state index contributed by atoms with van der Waals surface area (Å²) < 4.78 is 11.7. The number of ether oxygens (including phenoxy) is 1. The van der Waals surface area contributed by atoms with E-state index in [1.165, 1.54) is 77.1 Å². The summed E-state index contributed by atoms with van der Waals surface area (Å²) in [5, 5.41) is 6.24. The monoisotopic (exact) mass is 640 g/mol. The topological polar surface area (TPSA) is 19.1 Å². The highest BCUT2D eigenvalue weighted by atomic mass is 16.5. The zero-order valence-corrected chi connectivity index (χ0v) is 27.5. The van der Waals surface area contributed by atoms with Crippen molar-refractivity contribution in [2.45, 2.75) is 18.4 Å². The molecule has 2 atom stereocenters. The van der Waals surface area contributed by atoms with E-state index in [4.69, 9.17) is 4.74 Å². The van der Waals surface area contributed by atoms with Crippen LogP contribution >= 0.6 is 0 Å². The van der Waals surface area contributed by atoms with Crippen molar-refractivity contribution in [3.8, 4) is 28.3 Å². The van der Waals surface area contributed by atoms with Crippen molar-refractivity contribution in [2.24, 2.45) is 0 Å². The lowest BCUT2D eigenvalue weighted by Crippen LogP contribution is -2.35. The molecule has 3 heteroatoms. The molecule has 0 bridgehead atoms. The zero-order chi connectivity index (χ0) is 33.0. The first-order chi connectivity index (χ1) is 24.7. The van der Waals surface area contributed by atoms with Crippen LogP contribution in [0.2, 0.25) is 0 Å². The molecule has 3 nitrogen and oxygen atoms in total. The van der Waals surface area contributed by atoms with Crippen LogP contribution in [0.5, 0.6) is 5.75 Å². The quantitative estimate of drug-likeness (QED) is 0.188. The lowest BCUT2D eigenvalue weighted by atomic mass is 9.77. The number of hydrogen-bond acceptors (Lipinski definition) is 1. The van der Waals surface area contributed by atoms with Gasteiger partial charge in [-0.3, -0.25) is 0 Å². The predicted molar refractivity (Wildman–Crippen MR) is 207 cm³/mol. The van der Waals surface area contributed by atoms with E-state index >= 15 is 0 Å². The molecule has 236 valence electrons. The number of fused-ring (bicyclic) bond motifs is 11. The van der Waals surface area contributed by atoms with Gasteiger partial charge in [-0.2, -0.15) is 0 Å². The van der Waals surface area contributed by atoms with Crippen LogP contribution in [-0.4, -0.2) is 9.13 Å². The van der Waals surface area contributed by atoms with E-state index in [0.29, 0.717) is 0 Å². The highest BCUT2D eigenvalue weighted by molar-refractivity contribution is 6.09. The van der Waals surface area contributed by atoms with E-state index in [0.717, 1.165) is 11.4 Å². The van der Waals surface area contributed by atoms with E-state index in [2.05, 4.69) is 186 Å². The lowest BCUT2D eigenvalue weighted by molar-refractivity contribution is 0.0931. The molecule has 0 saturated carbocycles. The molecule has 1 aliphatic carbocycles. The van der Waals surface area contributed by atoms with Gasteiger partial charge in [-0.1, -0.05) is 115 Å². The molecule has 9 aromatic rings. The summed E-state index contributed by atoms with van der Waals surface area (Å²) in [6.07, 6.45) is 4.65. The van der Waals surface area contributed by atoms with Gasteiger partial charge in [-0.05, 0) is 83.4 Å². The first-order valence-electron chi connectivity index (χ1n) is 17.4. The van der Waals surface area contributed by atoms with Gasteiger partial charge in [0.1, 0.15) is 5.75 Å². The second-order valence-electron chi connectivity index (χ2n) is 13.9. The van der Waals surface area contributed by atoms with Crippen molar-refractivity contribution in [2.75, 3.05) is 0 Å². The molecule has 11 rings (SSSR count). The number of rotatable bonds is 3. The zero-order valence-electron chi connectivity index (χ0n) is 27.5. The number of nitrogens with zero attached hydrogens (tertiary/aromatic N) is 2. The second kappa shape index (κ2) is 10.1. The van der Waals surface area contributed by atoms with Gasteiger partial charge in [0, 0.05) is 38.7 Å². The number of hydrogen-bond donors (Lipinski definition) is 0. The van der Waals surface area contributed by atoms with Crippen LogP contribution < -0.4 is 4.74 Å². The average Bonchev–Trinajstić information content (AvgIpc) is 3.80. The molecule has 2 aliphatic rings. The first kappa shape index (κ1) is 27.6. The first-order valence-corrected chi connectivity index (χ1v) is 17.4. The molecule has 0 spiro atoms. The van der Waals surface area contributed by atoms with Gasteiger partial charge in [0.15, 0.2) is 5.60 Å². The van der Waals surface area contributed by atoms with Crippen LogP contribution in [0.4, 0.5) is 0 Å². The molecular weight excluding hydrogens is 609 g/mol. The minimum Gasteiger partial charge on any atom is -0.480 e. The Balaban J connectivity index is 0.995. The Morgan fingerprint density at radius 2 is 1.10 bits per heavy atom. The van der Waals surface area contributed by atoms with Crippen molar-refractivity contribution in [3.05, 3.63) is 181 Å². The van der Waals surface area contributed by atoms with E-state index in [9.17, 15) is 0 Å². The predicted octanol–water partition coefficient (Wildman–Crippen LogP) is 12.0. The summed E-state index contributed by atoms with van der Waals surface area (Å²) >= 11 is 0. The molecule has 1 aliphatic heterocycles. The molecule has 0 saturated heterocycles. The summed E-state index contributed by atoms with van der Waals surface area (Å²) in [6.45, 7) is 2.26. The third-order valence-corrected chi connectivity index (χ3v) is 11.1. The molecule has 2 aromatic heterocycles. The van der Waals surface area contributed by atoms with Crippen LogP contribution in [0, 0.1) is 0 Å². The average molecular weight is 641 g/mol. The van der Waals surface area contributed by atoms with E-state index in [1.807, 2.05) is 0 Å². The van der Waals surface area contributed by atoms with Crippen molar-refractivity contribution in [1.82, 2.24) is 9.13 Å². The van der Waals surface area contributed by atoms with Gasteiger partial charge in [0.05, 0.1) is 28.2 Å². The molecule has 2 unspecified atom stereocenters. The van der Waals surface area contributed by atoms with Crippen LogP contribution in [0.3, 0.4) is 0 Å². The Morgan fingerprint density at radius 1 is 0.520 bits per heavy atom. The summed E-state index contributed by atoms with van der Waals surface area (Å²) in [6, 6.07) is 57.2. The summed E-state index contributed by atoms with van der Waals surface area (Å²) in [5.74, 6) is 1.13. The van der Waals surface area contributed by atoms with Gasteiger partial charge < -0.3 is 13.9 Å².